The molecule has 0 unspecified atom stereocenters. The van der Waals surface area contributed by atoms with Crippen molar-refractivity contribution in [3.05, 3.63) is 34.3 Å². The molecule has 0 atom stereocenters. The van der Waals surface area contributed by atoms with Crippen molar-refractivity contribution in [3.8, 4) is 0 Å². The Kier molecular flexibility index (Phi) is 7.30. The molecular weight excluding hydrogens is 408 g/mol. The van der Waals surface area contributed by atoms with E-state index >= 15 is 0 Å². The highest BCUT2D eigenvalue weighted by Gasteiger charge is 2.50. The largest absolute Gasteiger partial charge is 0.395 e. The number of hydrogen-bond acceptors (Lipinski definition) is 3. The second-order valence-electron chi connectivity index (χ2n) is 10.9. The highest BCUT2D eigenvalue weighted by molar-refractivity contribution is 6.33. The van der Waals surface area contributed by atoms with Crippen LogP contribution in [0.4, 0.5) is 0 Å². The second-order valence-corrected chi connectivity index (χ2v) is 11.3. The van der Waals surface area contributed by atoms with E-state index in [9.17, 15) is 9.90 Å². The zero-order valence-electron chi connectivity index (χ0n) is 19.2. The molecule has 172 valence electrons. The lowest BCUT2D eigenvalue weighted by Gasteiger charge is -2.56. The summed E-state index contributed by atoms with van der Waals surface area (Å²) in [4.78, 5) is 15.3. The van der Waals surface area contributed by atoms with Gasteiger partial charge in [-0.15, -0.1) is 0 Å². The first-order chi connectivity index (χ1) is 14.9. The highest BCUT2D eigenvalue weighted by Crippen LogP contribution is 2.59. The quantitative estimate of drug-likeness (QED) is 0.536. The Morgan fingerprint density at radius 1 is 1.16 bits per heavy atom. The van der Waals surface area contributed by atoms with Crippen LogP contribution in [0.25, 0.3) is 0 Å². The average molecular weight is 447 g/mol. The Morgan fingerprint density at radius 2 is 1.81 bits per heavy atom. The fraction of sp³-hybridized carbons (Fsp3) is 0.731. The third-order valence-corrected chi connectivity index (χ3v) is 8.42. The van der Waals surface area contributed by atoms with Crippen molar-refractivity contribution in [1.29, 1.82) is 0 Å². The van der Waals surface area contributed by atoms with Gasteiger partial charge in [-0.1, -0.05) is 17.7 Å². The number of rotatable bonds is 10. The summed E-state index contributed by atoms with van der Waals surface area (Å²) in [6.07, 6.45) is 10.1. The van der Waals surface area contributed by atoms with E-state index in [2.05, 4.69) is 24.1 Å². The van der Waals surface area contributed by atoms with Gasteiger partial charge >= 0.3 is 0 Å². The number of aliphatic hydroxyl groups excluding tert-OH is 1. The van der Waals surface area contributed by atoms with E-state index in [0.29, 0.717) is 28.6 Å². The van der Waals surface area contributed by atoms with E-state index < -0.39 is 0 Å². The van der Waals surface area contributed by atoms with E-state index in [0.717, 1.165) is 49.2 Å². The number of hydrogen-bond donors (Lipinski definition) is 2. The van der Waals surface area contributed by atoms with Crippen LogP contribution in [0.5, 0.6) is 0 Å². The molecule has 4 nitrogen and oxygen atoms in total. The van der Waals surface area contributed by atoms with E-state index in [1.807, 2.05) is 18.2 Å². The van der Waals surface area contributed by atoms with Crippen LogP contribution in [0.2, 0.25) is 5.02 Å². The molecule has 1 amide bonds. The third-order valence-electron chi connectivity index (χ3n) is 8.09. The first-order valence-corrected chi connectivity index (χ1v) is 12.7. The molecule has 0 aromatic heterocycles. The number of halogens is 1. The monoisotopic (exact) mass is 446 g/mol. The summed E-state index contributed by atoms with van der Waals surface area (Å²) in [5, 5.41) is 13.1. The first kappa shape index (κ1) is 23.1. The molecule has 5 heteroatoms. The van der Waals surface area contributed by atoms with Crippen LogP contribution in [-0.2, 0) is 6.42 Å². The molecule has 1 aromatic rings. The normalized spacial score (nSPS) is 29.2. The maximum atomic E-state index is 13.0. The van der Waals surface area contributed by atoms with Crippen LogP contribution in [0.15, 0.2) is 18.2 Å². The lowest BCUT2D eigenvalue weighted by Crippen LogP contribution is -2.51. The smallest absolute Gasteiger partial charge is 0.252 e. The van der Waals surface area contributed by atoms with Crippen molar-refractivity contribution in [1.82, 2.24) is 10.2 Å². The van der Waals surface area contributed by atoms with E-state index in [-0.39, 0.29) is 12.5 Å². The molecular formula is C26H39ClN2O2. The topological polar surface area (TPSA) is 52.6 Å². The second kappa shape index (κ2) is 9.80. The number of aliphatic hydroxyl groups is 1. The summed E-state index contributed by atoms with van der Waals surface area (Å²) in [6, 6.07) is 6.29. The average Bonchev–Trinajstić information content (AvgIpc) is 2.71. The molecule has 1 aromatic carbocycles. The molecule has 0 radical (unpaired) electrons. The maximum absolute atomic E-state index is 13.0. The van der Waals surface area contributed by atoms with Gasteiger partial charge in [-0.2, -0.15) is 0 Å². The van der Waals surface area contributed by atoms with Crippen molar-refractivity contribution in [3.63, 3.8) is 0 Å². The number of nitrogens with zero attached hydrogens (tertiary/aromatic N) is 1. The van der Waals surface area contributed by atoms with E-state index in [1.54, 1.807) is 0 Å². The summed E-state index contributed by atoms with van der Waals surface area (Å²) >= 11 is 6.42. The highest BCUT2D eigenvalue weighted by atomic mass is 35.5. The molecule has 0 aliphatic heterocycles. The van der Waals surface area contributed by atoms with Gasteiger partial charge in [-0.3, -0.25) is 9.69 Å². The Balaban J connectivity index is 1.33. The lowest BCUT2D eigenvalue weighted by molar-refractivity contribution is -0.0503. The van der Waals surface area contributed by atoms with Gasteiger partial charge in [0.25, 0.3) is 5.91 Å². The van der Waals surface area contributed by atoms with Gasteiger partial charge in [0.05, 0.1) is 17.2 Å². The molecule has 31 heavy (non-hydrogen) atoms. The summed E-state index contributed by atoms with van der Waals surface area (Å²) in [7, 11) is 0. The van der Waals surface area contributed by atoms with Crippen LogP contribution in [0.3, 0.4) is 0 Å². The minimum absolute atomic E-state index is 0.0216. The van der Waals surface area contributed by atoms with Crippen LogP contribution >= 0.6 is 11.6 Å². The minimum Gasteiger partial charge on any atom is -0.395 e. The SMILES string of the molecule is CC(C)N(CCO)CCCc1ccc(Cl)c(C(=O)NCC23CC4CC(CC(C4)C2)C3)c1. The molecule has 2 N–H and O–H groups in total. The fourth-order valence-corrected chi connectivity index (χ4v) is 7.22. The summed E-state index contributed by atoms with van der Waals surface area (Å²) in [6.45, 7) is 6.95. The molecule has 4 fully saturated rings. The van der Waals surface area contributed by atoms with Crippen LogP contribution in [-0.4, -0.2) is 48.2 Å². The predicted octanol–water partition coefficient (Wildman–Crippen LogP) is 4.92. The zero-order valence-corrected chi connectivity index (χ0v) is 20.0. The predicted molar refractivity (Wildman–Crippen MR) is 127 cm³/mol. The Bertz CT molecular complexity index is 743. The summed E-state index contributed by atoms with van der Waals surface area (Å²) in [5.74, 6) is 2.66. The number of amides is 1. The van der Waals surface area contributed by atoms with Crippen molar-refractivity contribution in [2.45, 2.75) is 71.3 Å². The Labute approximate surface area is 192 Å². The Morgan fingerprint density at radius 3 is 2.39 bits per heavy atom. The zero-order chi connectivity index (χ0) is 22.0. The van der Waals surface area contributed by atoms with Crippen molar-refractivity contribution >= 4 is 17.5 Å². The van der Waals surface area contributed by atoms with Crippen molar-refractivity contribution < 1.29 is 9.90 Å². The van der Waals surface area contributed by atoms with Gasteiger partial charge in [0, 0.05) is 19.1 Å². The van der Waals surface area contributed by atoms with Crippen LogP contribution in [0.1, 0.15) is 74.7 Å². The van der Waals surface area contributed by atoms with Gasteiger partial charge in [0.2, 0.25) is 0 Å². The number of nitrogens with one attached hydrogen (secondary N) is 1. The Hall–Kier alpha value is -1.10. The van der Waals surface area contributed by atoms with E-state index in [1.165, 1.54) is 38.5 Å². The fourth-order valence-electron chi connectivity index (χ4n) is 7.01. The van der Waals surface area contributed by atoms with Crippen LogP contribution in [0, 0.1) is 23.2 Å². The summed E-state index contributed by atoms with van der Waals surface area (Å²) < 4.78 is 0. The molecule has 4 bridgehead atoms. The lowest BCUT2D eigenvalue weighted by atomic mass is 9.49. The van der Waals surface area contributed by atoms with Gasteiger partial charge in [0.15, 0.2) is 0 Å². The third kappa shape index (κ3) is 5.46. The van der Waals surface area contributed by atoms with Gasteiger partial charge in [0.1, 0.15) is 0 Å². The number of carbonyl (C=O) groups excluding carboxylic acids is 1. The molecule has 0 heterocycles. The molecule has 0 saturated heterocycles. The van der Waals surface area contributed by atoms with Crippen LogP contribution < -0.4 is 5.32 Å². The molecule has 0 spiro atoms. The van der Waals surface area contributed by atoms with Crippen molar-refractivity contribution in [2.24, 2.45) is 23.2 Å². The van der Waals surface area contributed by atoms with E-state index in [4.69, 9.17) is 11.6 Å². The maximum Gasteiger partial charge on any atom is 0.252 e. The molecule has 4 saturated carbocycles. The van der Waals surface area contributed by atoms with Crippen molar-refractivity contribution in [2.75, 3.05) is 26.2 Å². The standard InChI is InChI=1S/C26H39ClN2O2/c1-18(2)29(8-9-30)7-3-4-19-5-6-24(27)23(13-19)25(31)28-17-26-14-20-10-21(15-26)12-22(11-20)16-26/h5-6,13,18,20-22,30H,3-4,7-12,14-17H2,1-2H3,(H,28,31). The number of benzene rings is 1. The molecule has 4 aliphatic rings. The minimum atomic E-state index is -0.0216. The van der Waals surface area contributed by atoms with Gasteiger partial charge in [-0.25, -0.2) is 0 Å². The molecule has 4 aliphatic carbocycles. The first-order valence-electron chi connectivity index (χ1n) is 12.3. The molecule has 5 rings (SSSR count). The number of carbonyl (C=O) groups is 1. The number of aryl methyl sites for hydroxylation is 1. The van der Waals surface area contributed by atoms with Gasteiger partial charge in [-0.05, 0) is 113 Å². The van der Waals surface area contributed by atoms with Gasteiger partial charge < -0.3 is 10.4 Å². The summed E-state index contributed by atoms with van der Waals surface area (Å²) in [5.41, 5.74) is 2.10.